The van der Waals surface area contributed by atoms with E-state index in [4.69, 9.17) is 0 Å². The number of anilines is 1. The predicted molar refractivity (Wildman–Crippen MR) is 142 cm³/mol. The van der Waals surface area contributed by atoms with E-state index in [0.29, 0.717) is 41.5 Å². The van der Waals surface area contributed by atoms with Crippen LogP contribution in [0, 0.1) is 5.82 Å². The number of amides is 1. The number of unbranched alkanes of at least 4 members (excludes halogenated alkanes) is 1. The lowest BCUT2D eigenvalue weighted by Gasteiger charge is -2.24. The van der Waals surface area contributed by atoms with Crippen molar-refractivity contribution in [3.63, 3.8) is 0 Å². The van der Waals surface area contributed by atoms with E-state index in [2.05, 4.69) is 20.9 Å². The number of allylic oxidation sites excluding steroid dienone is 1. The maximum atomic E-state index is 13.8. The van der Waals surface area contributed by atoms with Gasteiger partial charge in [0, 0.05) is 35.2 Å². The number of para-hydroxylation sites is 1. The van der Waals surface area contributed by atoms with Crippen molar-refractivity contribution < 1.29 is 14.0 Å². The van der Waals surface area contributed by atoms with Crippen LogP contribution in [0.2, 0.25) is 0 Å². The molecular formula is C27H33FN4O2S. The Hall–Kier alpha value is -2.97. The third-order valence-corrected chi connectivity index (χ3v) is 7.06. The topological polar surface area (TPSA) is 82.6 Å². The van der Waals surface area contributed by atoms with E-state index in [0.717, 1.165) is 44.3 Å². The molecule has 1 amide bonds. The van der Waals surface area contributed by atoms with Crippen molar-refractivity contribution in [2.24, 2.45) is 4.99 Å². The molecular weight excluding hydrogens is 463 g/mol. The molecule has 0 aromatic heterocycles. The molecule has 186 valence electrons. The molecule has 3 rings (SSSR count). The Labute approximate surface area is 210 Å². The number of benzene rings is 2. The molecule has 0 aliphatic heterocycles. The molecule has 0 unspecified atom stereocenters. The van der Waals surface area contributed by atoms with E-state index in [1.807, 2.05) is 36.4 Å². The summed E-state index contributed by atoms with van der Waals surface area (Å²) < 4.78 is 13.8. The van der Waals surface area contributed by atoms with Crippen LogP contribution in [0.5, 0.6) is 0 Å². The lowest BCUT2D eigenvalue weighted by Crippen LogP contribution is -2.23. The summed E-state index contributed by atoms with van der Waals surface area (Å²) >= 11 is 1.35. The molecule has 35 heavy (non-hydrogen) atoms. The van der Waals surface area contributed by atoms with Gasteiger partial charge in [0.1, 0.15) is 5.82 Å². The van der Waals surface area contributed by atoms with Crippen LogP contribution in [0.4, 0.5) is 10.1 Å². The van der Waals surface area contributed by atoms with E-state index >= 15 is 0 Å². The molecule has 0 radical (unpaired) electrons. The molecule has 0 atom stereocenters. The summed E-state index contributed by atoms with van der Waals surface area (Å²) in [4.78, 5) is 28.6. The number of nitrogens with one attached hydrogen (secondary N) is 3. The molecule has 1 fully saturated rings. The first-order chi connectivity index (χ1) is 17.2. The smallest absolute Gasteiger partial charge is 0.219 e. The van der Waals surface area contributed by atoms with E-state index in [-0.39, 0.29) is 17.5 Å². The SMILES string of the molecule is O=CNC/C(C(=O)SC1CCC1)=C(\CCCCNCc1ccccc1F)N=CNc1ccccc1. The molecule has 2 aromatic rings. The highest BCUT2D eigenvalue weighted by atomic mass is 32.2. The fraction of sp³-hybridized carbons (Fsp3) is 0.370. The van der Waals surface area contributed by atoms with Crippen LogP contribution in [0.1, 0.15) is 44.1 Å². The summed E-state index contributed by atoms with van der Waals surface area (Å²) in [7, 11) is 0. The largest absolute Gasteiger partial charge is 0.354 e. The minimum atomic E-state index is -0.208. The maximum Gasteiger partial charge on any atom is 0.219 e. The van der Waals surface area contributed by atoms with Crippen LogP contribution in [0.3, 0.4) is 0 Å². The number of hydrogen-bond acceptors (Lipinski definition) is 5. The Balaban J connectivity index is 1.62. The quantitative estimate of drug-likeness (QED) is 0.106. The Morgan fingerprint density at radius 2 is 1.86 bits per heavy atom. The maximum absolute atomic E-state index is 13.8. The summed E-state index contributed by atoms with van der Waals surface area (Å²) in [6, 6.07) is 16.4. The number of thioether (sulfide) groups is 1. The predicted octanol–water partition coefficient (Wildman–Crippen LogP) is 5.04. The summed E-state index contributed by atoms with van der Waals surface area (Å²) in [5.74, 6) is -0.208. The number of hydrogen-bond donors (Lipinski definition) is 3. The Bertz CT molecular complexity index is 1010. The van der Waals surface area contributed by atoms with Gasteiger partial charge in [-0.05, 0) is 56.8 Å². The number of aliphatic imine (C=N–C) groups is 1. The normalized spacial score (nSPS) is 14.3. The second kappa shape index (κ2) is 15.1. The van der Waals surface area contributed by atoms with Crippen LogP contribution in [0.25, 0.3) is 0 Å². The number of nitrogens with zero attached hydrogens (tertiary/aromatic N) is 1. The third-order valence-electron chi connectivity index (χ3n) is 5.80. The van der Waals surface area contributed by atoms with Gasteiger partial charge in [0.2, 0.25) is 11.5 Å². The van der Waals surface area contributed by atoms with Gasteiger partial charge >= 0.3 is 0 Å². The summed E-state index contributed by atoms with van der Waals surface area (Å²) in [5.41, 5.74) is 2.76. The zero-order valence-electron chi connectivity index (χ0n) is 19.8. The molecule has 0 heterocycles. The second-order valence-corrected chi connectivity index (χ2v) is 9.65. The van der Waals surface area contributed by atoms with E-state index in [9.17, 15) is 14.0 Å². The lowest BCUT2D eigenvalue weighted by atomic mass is 10.00. The first-order valence-corrected chi connectivity index (χ1v) is 12.9. The van der Waals surface area contributed by atoms with Crippen molar-refractivity contribution in [1.82, 2.24) is 10.6 Å². The highest BCUT2D eigenvalue weighted by Gasteiger charge is 2.25. The van der Waals surface area contributed by atoms with Gasteiger partial charge < -0.3 is 16.0 Å². The Morgan fingerprint density at radius 3 is 2.57 bits per heavy atom. The molecule has 1 aliphatic rings. The average Bonchev–Trinajstić information content (AvgIpc) is 2.85. The fourth-order valence-electron chi connectivity index (χ4n) is 3.57. The van der Waals surface area contributed by atoms with E-state index in [1.54, 1.807) is 18.5 Å². The minimum absolute atomic E-state index is 0.0198. The molecule has 3 N–H and O–H groups in total. The second-order valence-electron chi connectivity index (χ2n) is 8.38. The molecule has 6 nitrogen and oxygen atoms in total. The molecule has 0 spiro atoms. The van der Waals surface area contributed by atoms with Crippen molar-refractivity contribution >= 4 is 35.3 Å². The van der Waals surface area contributed by atoms with E-state index < -0.39 is 0 Å². The van der Waals surface area contributed by atoms with Gasteiger partial charge in [0.05, 0.1) is 12.0 Å². The van der Waals surface area contributed by atoms with Crippen LogP contribution in [0.15, 0.2) is 70.9 Å². The monoisotopic (exact) mass is 496 g/mol. The number of carbonyl (C=O) groups excluding carboxylic acids is 2. The van der Waals surface area contributed by atoms with Gasteiger partial charge in [-0.15, -0.1) is 0 Å². The van der Waals surface area contributed by atoms with Gasteiger partial charge in [-0.2, -0.15) is 0 Å². The first kappa shape index (κ1) is 26.6. The molecule has 8 heteroatoms. The van der Waals surface area contributed by atoms with Crippen molar-refractivity contribution in [3.8, 4) is 0 Å². The number of carbonyl (C=O) groups is 2. The highest BCUT2D eigenvalue weighted by Crippen LogP contribution is 2.34. The van der Waals surface area contributed by atoms with Crippen molar-refractivity contribution in [2.75, 3.05) is 18.4 Å². The van der Waals surface area contributed by atoms with Crippen molar-refractivity contribution in [2.45, 2.75) is 50.3 Å². The van der Waals surface area contributed by atoms with Gasteiger partial charge in [0.15, 0.2) is 0 Å². The fourth-order valence-corrected chi connectivity index (χ4v) is 4.77. The number of halogens is 1. The Kier molecular flexibility index (Phi) is 11.5. The Morgan fingerprint density at radius 1 is 1.09 bits per heavy atom. The zero-order valence-corrected chi connectivity index (χ0v) is 20.7. The van der Waals surface area contributed by atoms with Gasteiger partial charge in [0.25, 0.3) is 0 Å². The van der Waals surface area contributed by atoms with Gasteiger partial charge in [-0.25, -0.2) is 9.38 Å². The lowest BCUT2D eigenvalue weighted by molar-refractivity contribution is -0.109. The molecule has 0 bridgehead atoms. The van der Waals surface area contributed by atoms with Crippen molar-refractivity contribution in [3.05, 3.63) is 77.2 Å². The summed E-state index contributed by atoms with van der Waals surface area (Å²) in [6.45, 7) is 1.35. The molecule has 1 aliphatic carbocycles. The molecule has 2 aromatic carbocycles. The van der Waals surface area contributed by atoms with Crippen LogP contribution in [-0.4, -0.2) is 36.2 Å². The van der Waals surface area contributed by atoms with Gasteiger partial charge in [-0.3, -0.25) is 9.59 Å². The highest BCUT2D eigenvalue weighted by molar-refractivity contribution is 8.14. The van der Waals surface area contributed by atoms with Crippen LogP contribution < -0.4 is 16.0 Å². The molecule has 0 saturated heterocycles. The summed E-state index contributed by atoms with van der Waals surface area (Å²) in [6.07, 6.45) is 7.70. The molecule has 1 saturated carbocycles. The van der Waals surface area contributed by atoms with Crippen molar-refractivity contribution in [1.29, 1.82) is 0 Å². The first-order valence-electron chi connectivity index (χ1n) is 12.1. The van der Waals surface area contributed by atoms with Crippen LogP contribution >= 0.6 is 11.8 Å². The number of rotatable bonds is 15. The zero-order chi connectivity index (χ0) is 24.7. The third kappa shape index (κ3) is 9.30. The minimum Gasteiger partial charge on any atom is -0.354 e. The van der Waals surface area contributed by atoms with E-state index in [1.165, 1.54) is 17.8 Å². The average molecular weight is 497 g/mol. The van der Waals surface area contributed by atoms with Crippen LogP contribution in [-0.2, 0) is 16.1 Å². The standard InChI is InChI=1S/C27H33FN4O2S/c28-25-14-5-4-9-21(25)17-29-16-7-6-15-26(32-19-31-22-10-2-1-3-11-22)24(18-30-20-33)27(34)35-23-12-8-13-23/h1-5,9-11,14,19-20,23,29H,6-8,12-13,15-18H2,(H,30,33)(H,31,32)/b26-24-. The van der Waals surface area contributed by atoms with Gasteiger partial charge in [-0.1, -0.05) is 54.6 Å². The summed E-state index contributed by atoms with van der Waals surface area (Å²) in [5, 5.41) is 9.39.